The van der Waals surface area contributed by atoms with Gasteiger partial charge in [-0.3, -0.25) is 9.59 Å². The Morgan fingerprint density at radius 1 is 1.08 bits per heavy atom. The first-order valence-corrected chi connectivity index (χ1v) is 8.68. The molecule has 144 valence electrons. The molecule has 0 aliphatic rings. The number of hydrogen-bond acceptors (Lipinski definition) is 5. The number of nitrogens with two attached hydrogens (primary N) is 2. The zero-order valence-electron chi connectivity index (χ0n) is 15.0. The van der Waals surface area contributed by atoms with E-state index in [1.165, 1.54) is 6.92 Å². The lowest BCUT2D eigenvalue weighted by Gasteiger charge is -2.20. The molecular weight excluding hydrogens is 336 g/mol. The van der Waals surface area contributed by atoms with Crippen LogP contribution in [0.25, 0.3) is 0 Å². The summed E-state index contributed by atoms with van der Waals surface area (Å²) in [4.78, 5) is 35.6. The van der Waals surface area contributed by atoms with E-state index in [0.717, 1.165) is 18.4 Å². The summed E-state index contributed by atoms with van der Waals surface area (Å²) in [6.45, 7) is 2.02. The van der Waals surface area contributed by atoms with Crippen molar-refractivity contribution in [2.24, 2.45) is 11.5 Å². The van der Waals surface area contributed by atoms with Crippen LogP contribution in [0, 0.1) is 0 Å². The summed E-state index contributed by atoms with van der Waals surface area (Å²) >= 11 is 0. The van der Waals surface area contributed by atoms with E-state index in [4.69, 9.17) is 11.5 Å². The van der Waals surface area contributed by atoms with E-state index in [1.54, 1.807) is 24.3 Å². The molecule has 1 rings (SSSR count). The largest absolute Gasteiger partial charge is 0.480 e. The molecule has 26 heavy (non-hydrogen) atoms. The molecule has 0 radical (unpaired) electrons. The number of amides is 2. The van der Waals surface area contributed by atoms with Crippen molar-refractivity contribution >= 4 is 17.8 Å². The highest BCUT2D eigenvalue weighted by Gasteiger charge is 2.25. The van der Waals surface area contributed by atoms with Crippen molar-refractivity contribution in [3.63, 3.8) is 0 Å². The maximum Gasteiger partial charge on any atom is 0.326 e. The number of unbranched alkanes of at least 4 members (excludes halogenated alkanes) is 1. The number of carboxylic acid groups (broad SMARTS) is 1. The Morgan fingerprint density at radius 3 is 2.31 bits per heavy atom. The van der Waals surface area contributed by atoms with Crippen molar-refractivity contribution in [2.75, 3.05) is 6.54 Å². The molecule has 8 nitrogen and oxygen atoms in total. The summed E-state index contributed by atoms with van der Waals surface area (Å²) < 4.78 is 0. The van der Waals surface area contributed by atoms with Crippen molar-refractivity contribution in [3.8, 4) is 0 Å². The Bertz CT molecular complexity index is 594. The summed E-state index contributed by atoms with van der Waals surface area (Å²) in [6.07, 6.45) is 2.13. The normalized spacial score (nSPS) is 14.1. The Kier molecular flexibility index (Phi) is 9.32. The Hall–Kier alpha value is -2.45. The van der Waals surface area contributed by atoms with E-state index in [0.29, 0.717) is 13.0 Å². The van der Waals surface area contributed by atoms with E-state index in [1.807, 2.05) is 6.07 Å². The average molecular weight is 364 g/mol. The van der Waals surface area contributed by atoms with Crippen LogP contribution in [-0.2, 0) is 20.8 Å². The second-order valence-corrected chi connectivity index (χ2v) is 6.21. The fraction of sp³-hybridized carbons (Fsp3) is 0.500. The van der Waals surface area contributed by atoms with Crippen LogP contribution in [0.3, 0.4) is 0 Å². The first-order valence-electron chi connectivity index (χ1n) is 8.68. The SMILES string of the molecule is C[C@H](NC(=O)[C@@H](N)CCCCN)C(=O)N[C@@H](Cc1ccccc1)C(=O)O. The minimum absolute atomic E-state index is 0.154. The molecule has 0 bridgehead atoms. The van der Waals surface area contributed by atoms with Crippen molar-refractivity contribution < 1.29 is 19.5 Å². The third-order valence-corrected chi connectivity index (χ3v) is 3.96. The van der Waals surface area contributed by atoms with E-state index in [9.17, 15) is 19.5 Å². The van der Waals surface area contributed by atoms with Crippen LogP contribution in [0.4, 0.5) is 0 Å². The summed E-state index contributed by atoms with van der Waals surface area (Å²) in [7, 11) is 0. The fourth-order valence-corrected chi connectivity index (χ4v) is 2.37. The molecule has 0 spiro atoms. The summed E-state index contributed by atoms with van der Waals surface area (Å²) in [5.74, 6) is -2.16. The van der Waals surface area contributed by atoms with Crippen molar-refractivity contribution in [1.82, 2.24) is 10.6 Å². The quantitative estimate of drug-likeness (QED) is 0.342. The third kappa shape index (κ3) is 7.62. The van der Waals surface area contributed by atoms with Gasteiger partial charge in [0.25, 0.3) is 0 Å². The van der Waals surface area contributed by atoms with Gasteiger partial charge in [-0.1, -0.05) is 36.8 Å². The average Bonchev–Trinajstić information content (AvgIpc) is 2.61. The minimum atomic E-state index is -1.14. The lowest BCUT2D eigenvalue weighted by Crippen LogP contribution is -2.53. The monoisotopic (exact) mass is 364 g/mol. The Labute approximate surface area is 153 Å². The topological polar surface area (TPSA) is 148 Å². The number of carbonyl (C=O) groups is 3. The second-order valence-electron chi connectivity index (χ2n) is 6.21. The highest BCUT2D eigenvalue weighted by molar-refractivity contribution is 5.91. The van der Waals surface area contributed by atoms with Gasteiger partial charge in [0, 0.05) is 6.42 Å². The number of hydrogen-bond donors (Lipinski definition) is 5. The first kappa shape index (κ1) is 21.6. The third-order valence-electron chi connectivity index (χ3n) is 3.96. The highest BCUT2D eigenvalue weighted by atomic mass is 16.4. The number of nitrogens with one attached hydrogen (secondary N) is 2. The van der Waals surface area contributed by atoms with Gasteiger partial charge < -0.3 is 27.2 Å². The van der Waals surface area contributed by atoms with Gasteiger partial charge in [0.15, 0.2) is 0 Å². The summed E-state index contributed by atoms with van der Waals surface area (Å²) in [5, 5.41) is 14.3. The van der Waals surface area contributed by atoms with E-state index >= 15 is 0 Å². The van der Waals surface area contributed by atoms with Crippen LogP contribution in [-0.4, -0.2) is 47.6 Å². The predicted octanol–water partition coefficient (Wildman–Crippen LogP) is -0.240. The van der Waals surface area contributed by atoms with Crippen LogP contribution in [0.1, 0.15) is 31.7 Å². The van der Waals surface area contributed by atoms with Crippen LogP contribution in [0.5, 0.6) is 0 Å². The molecule has 0 saturated carbocycles. The molecule has 0 unspecified atom stereocenters. The van der Waals surface area contributed by atoms with Crippen molar-refractivity contribution in [3.05, 3.63) is 35.9 Å². The molecule has 0 fully saturated rings. The van der Waals surface area contributed by atoms with Crippen molar-refractivity contribution in [2.45, 2.75) is 50.7 Å². The van der Waals surface area contributed by atoms with Crippen LogP contribution >= 0.6 is 0 Å². The smallest absolute Gasteiger partial charge is 0.326 e. The second kappa shape index (κ2) is 11.2. The van der Waals surface area contributed by atoms with Gasteiger partial charge in [0.2, 0.25) is 11.8 Å². The lowest BCUT2D eigenvalue weighted by atomic mass is 10.1. The molecule has 0 heterocycles. The lowest BCUT2D eigenvalue weighted by molar-refractivity contribution is -0.142. The first-order chi connectivity index (χ1) is 12.3. The van der Waals surface area contributed by atoms with E-state index in [-0.39, 0.29) is 6.42 Å². The maximum atomic E-state index is 12.2. The number of carbonyl (C=O) groups excluding carboxylic acids is 2. The Morgan fingerprint density at radius 2 is 1.73 bits per heavy atom. The molecule has 1 aromatic rings. The van der Waals surface area contributed by atoms with Crippen LogP contribution < -0.4 is 22.1 Å². The van der Waals surface area contributed by atoms with Gasteiger partial charge in [-0.25, -0.2) is 4.79 Å². The molecule has 0 aromatic heterocycles. The molecule has 1 aromatic carbocycles. The number of rotatable bonds is 11. The standard InChI is InChI=1S/C18H28N4O4/c1-12(21-17(24)14(20)9-5-6-10-19)16(23)22-15(18(25)26)11-13-7-3-2-4-8-13/h2-4,7-8,12,14-15H,5-6,9-11,19-20H2,1H3,(H,21,24)(H,22,23)(H,25,26)/t12-,14-,15-/m0/s1. The van der Waals surface area contributed by atoms with Gasteiger partial charge in [-0.2, -0.15) is 0 Å². The summed E-state index contributed by atoms with van der Waals surface area (Å²) in [6, 6.07) is 6.29. The zero-order chi connectivity index (χ0) is 19.5. The van der Waals surface area contributed by atoms with E-state index < -0.39 is 35.9 Å². The molecule has 3 atom stereocenters. The number of carboxylic acids is 1. The zero-order valence-corrected chi connectivity index (χ0v) is 15.0. The van der Waals surface area contributed by atoms with Crippen LogP contribution in [0.2, 0.25) is 0 Å². The van der Waals surface area contributed by atoms with Crippen molar-refractivity contribution in [1.29, 1.82) is 0 Å². The fourth-order valence-electron chi connectivity index (χ4n) is 2.37. The van der Waals surface area contributed by atoms with E-state index in [2.05, 4.69) is 10.6 Å². The maximum absolute atomic E-state index is 12.2. The van der Waals surface area contributed by atoms with Gasteiger partial charge >= 0.3 is 5.97 Å². The minimum Gasteiger partial charge on any atom is -0.480 e. The van der Waals surface area contributed by atoms with Gasteiger partial charge in [-0.15, -0.1) is 0 Å². The highest BCUT2D eigenvalue weighted by Crippen LogP contribution is 2.04. The van der Waals surface area contributed by atoms with Crippen LogP contribution in [0.15, 0.2) is 30.3 Å². The molecule has 2 amide bonds. The Balaban J connectivity index is 2.54. The molecular formula is C18H28N4O4. The molecule has 7 N–H and O–H groups in total. The predicted molar refractivity (Wildman–Crippen MR) is 98.2 cm³/mol. The number of aliphatic carboxylic acids is 1. The molecule has 0 aliphatic heterocycles. The van der Waals surface area contributed by atoms with Gasteiger partial charge in [0.05, 0.1) is 6.04 Å². The molecule has 0 saturated heterocycles. The van der Waals surface area contributed by atoms with Gasteiger partial charge in [-0.05, 0) is 31.9 Å². The number of benzene rings is 1. The van der Waals surface area contributed by atoms with Gasteiger partial charge in [0.1, 0.15) is 12.1 Å². The molecule has 0 aliphatic carbocycles. The summed E-state index contributed by atoms with van der Waals surface area (Å²) in [5.41, 5.74) is 12.0. The molecule has 8 heteroatoms.